The maximum atomic E-state index is 5.02. The molecule has 1 N–H and O–H groups in total. The Morgan fingerprint density at radius 3 is 2.84 bits per heavy atom. The van der Waals surface area contributed by atoms with E-state index in [1.165, 1.54) is 23.5 Å². The number of thioether (sulfide) groups is 1. The first-order valence-corrected chi connectivity index (χ1v) is 7.99. The Balaban J connectivity index is 1.83. The molecule has 1 aliphatic rings. The van der Waals surface area contributed by atoms with E-state index in [1.807, 2.05) is 0 Å². The van der Waals surface area contributed by atoms with Gasteiger partial charge < -0.3 is 15.0 Å². The van der Waals surface area contributed by atoms with E-state index in [9.17, 15) is 0 Å². The van der Waals surface area contributed by atoms with Crippen molar-refractivity contribution in [2.24, 2.45) is 0 Å². The Bertz CT molecular complexity index is 369. The fourth-order valence-corrected chi connectivity index (χ4v) is 3.30. The molecule has 3 nitrogen and oxygen atoms in total. The first-order valence-electron chi connectivity index (χ1n) is 6.94. The fourth-order valence-electron chi connectivity index (χ4n) is 2.28. The average Bonchev–Trinajstić information content (AvgIpc) is 2.44. The van der Waals surface area contributed by atoms with Crippen LogP contribution in [0.2, 0.25) is 0 Å². The highest BCUT2D eigenvalue weighted by Crippen LogP contribution is 2.23. The Kier molecular flexibility index (Phi) is 6.01. The highest BCUT2D eigenvalue weighted by Gasteiger charge is 2.16. The summed E-state index contributed by atoms with van der Waals surface area (Å²) in [7, 11) is 1.73. The molecular weight excluding hydrogens is 256 g/mol. The maximum Gasteiger partial charge on any atom is 0.0587 e. The van der Waals surface area contributed by atoms with Crippen molar-refractivity contribution < 1.29 is 4.74 Å². The summed E-state index contributed by atoms with van der Waals surface area (Å²) in [6.07, 6.45) is 0. The van der Waals surface area contributed by atoms with Crippen LogP contribution in [0.3, 0.4) is 0 Å². The van der Waals surface area contributed by atoms with Gasteiger partial charge in [0.2, 0.25) is 0 Å². The van der Waals surface area contributed by atoms with Gasteiger partial charge in [-0.05, 0) is 17.7 Å². The molecule has 106 valence electrons. The molecule has 0 amide bonds. The van der Waals surface area contributed by atoms with Gasteiger partial charge in [-0.2, -0.15) is 11.8 Å². The van der Waals surface area contributed by atoms with Crippen LogP contribution < -0.4 is 10.2 Å². The van der Waals surface area contributed by atoms with E-state index in [0.29, 0.717) is 0 Å². The van der Waals surface area contributed by atoms with Gasteiger partial charge in [0, 0.05) is 50.0 Å². The van der Waals surface area contributed by atoms with Crippen LogP contribution >= 0.6 is 11.8 Å². The van der Waals surface area contributed by atoms with E-state index in [2.05, 4.69) is 53.2 Å². The average molecular weight is 280 g/mol. The van der Waals surface area contributed by atoms with Crippen molar-refractivity contribution in [2.45, 2.75) is 18.7 Å². The number of hydrogen-bond donors (Lipinski definition) is 1. The zero-order valence-electron chi connectivity index (χ0n) is 11.9. The molecule has 0 aromatic heterocycles. The molecule has 1 aromatic carbocycles. The van der Waals surface area contributed by atoms with E-state index in [-0.39, 0.29) is 0 Å². The quantitative estimate of drug-likeness (QED) is 0.809. The summed E-state index contributed by atoms with van der Waals surface area (Å²) >= 11 is 2.07. The van der Waals surface area contributed by atoms with Gasteiger partial charge >= 0.3 is 0 Å². The second-order valence-electron chi connectivity index (χ2n) is 4.96. The molecule has 1 unspecified atom stereocenters. The molecule has 0 aliphatic carbocycles. The molecule has 0 saturated carbocycles. The highest BCUT2D eigenvalue weighted by atomic mass is 32.2. The van der Waals surface area contributed by atoms with Crippen LogP contribution in [-0.4, -0.2) is 44.4 Å². The number of anilines is 1. The maximum absolute atomic E-state index is 5.02. The number of benzene rings is 1. The van der Waals surface area contributed by atoms with Crippen molar-refractivity contribution in [3.63, 3.8) is 0 Å². The third kappa shape index (κ3) is 4.71. The minimum atomic E-state index is 0.740. The van der Waals surface area contributed by atoms with E-state index in [4.69, 9.17) is 4.74 Å². The molecule has 0 radical (unpaired) electrons. The van der Waals surface area contributed by atoms with Gasteiger partial charge in [-0.1, -0.05) is 19.1 Å². The van der Waals surface area contributed by atoms with Gasteiger partial charge in [0.15, 0.2) is 0 Å². The molecule has 2 rings (SSSR count). The Labute approximate surface area is 120 Å². The van der Waals surface area contributed by atoms with Crippen LogP contribution in [0.25, 0.3) is 0 Å². The van der Waals surface area contributed by atoms with Gasteiger partial charge in [-0.15, -0.1) is 0 Å². The number of hydrogen-bond acceptors (Lipinski definition) is 4. The van der Waals surface area contributed by atoms with Gasteiger partial charge in [0.05, 0.1) is 6.61 Å². The molecule has 0 bridgehead atoms. The lowest BCUT2D eigenvalue weighted by Gasteiger charge is -2.32. The molecule has 1 fully saturated rings. The lowest BCUT2D eigenvalue weighted by atomic mass is 10.2. The van der Waals surface area contributed by atoms with E-state index >= 15 is 0 Å². The number of ether oxygens (including phenoxy) is 1. The van der Waals surface area contributed by atoms with E-state index in [0.717, 1.165) is 31.5 Å². The lowest BCUT2D eigenvalue weighted by molar-refractivity contribution is 0.199. The largest absolute Gasteiger partial charge is 0.383 e. The summed E-state index contributed by atoms with van der Waals surface area (Å²) in [6, 6.07) is 8.94. The first kappa shape index (κ1) is 14.7. The highest BCUT2D eigenvalue weighted by molar-refractivity contribution is 8.00. The predicted molar refractivity (Wildman–Crippen MR) is 84.2 cm³/mol. The van der Waals surface area contributed by atoms with Crippen molar-refractivity contribution in [3.05, 3.63) is 29.8 Å². The van der Waals surface area contributed by atoms with E-state index < -0.39 is 0 Å². The summed E-state index contributed by atoms with van der Waals surface area (Å²) in [6.45, 7) is 7.22. The number of nitrogens with one attached hydrogen (secondary N) is 1. The monoisotopic (exact) mass is 280 g/mol. The van der Waals surface area contributed by atoms with Gasteiger partial charge in [-0.3, -0.25) is 0 Å². The van der Waals surface area contributed by atoms with Crippen molar-refractivity contribution >= 4 is 17.4 Å². The van der Waals surface area contributed by atoms with Crippen molar-refractivity contribution in [1.82, 2.24) is 5.32 Å². The van der Waals surface area contributed by atoms with Crippen LogP contribution in [0.15, 0.2) is 24.3 Å². The summed E-state index contributed by atoms with van der Waals surface area (Å²) in [5, 5.41) is 4.11. The van der Waals surface area contributed by atoms with Gasteiger partial charge in [-0.25, -0.2) is 0 Å². The Morgan fingerprint density at radius 1 is 1.37 bits per heavy atom. The minimum Gasteiger partial charge on any atom is -0.383 e. The summed E-state index contributed by atoms with van der Waals surface area (Å²) in [5.74, 6) is 1.24. The van der Waals surface area contributed by atoms with Crippen molar-refractivity contribution in [3.8, 4) is 0 Å². The normalized spacial score (nSPS) is 19.7. The smallest absolute Gasteiger partial charge is 0.0587 e. The molecule has 1 saturated heterocycles. The van der Waals surface area contributed by atoms with Gasteiger partial charge in [0.1, 0.15) is 0 Å². The second-order valence-corrected chi connectivity index (χ2v) is 6.51. The molecule has 1 aromatic rings. The standard InChI is InChI=1S/C15H24N2OS/c1-13-12-17(8-10-19-13)15-5-3-14(4-6-15)11-16-7-9-18-2/h3-6,13,16H,7-12H2,1-2H3. The molecule has 4 heteroatoms. The SMILES string of the molecule is COCCNCc1ccc(N2CCSC(C)C2)cc1. The summed E-state index contributed by atoms with van der Waals surface area (Å²) < 4.78 is 5.02. The summed E-state index contributed by atoms with van der Waals surface area (Å²) in [4.78, 5) is 2.49. The molecular formula is C15H24N2OS. The Hall–Kier alpha value is -0.710. The lowest BCUT2D eigenvalue weighted by Crippen LogP contribution is -2.36. The number of rotatable bonds is 6. The minimum absolute atomic E-state index is 0.740. The molecule has 1 atom stereocenters. The van der Waals surface area contributed by atoms with Crippen LogP contribution in [0, 0.1) is 0 Å². The van der Waals surface area contributed by atoms with Crippen LogP contribution in [0.5, 0.6) is 0 Å². The third-order valence-corrected chi connectivity index (χ3v) is 4.49. The third-order valence-electron chi connectivity index (χ3n) is 3.35. The molecule has 1 aliphatic heterocycles. The van der Waals surface area contributed by atoms with Crippen molar-refractivity contribution in [1.29, 1.82) is 0 Å². The summed E-state index contributed by atoms with van der Waals surface area (Å²) in [5.41, 5.74) is 2.69. The van der Waals surface area contributed by atoms with E-state index in [1.54, 1.807) is 7.11 Å². The fraction of sp³-hybridized carbons (Fsp3) is 0.600. The van der Waals surface area contributed by atoms with Crippen LogP contribution in [-0.2, 0) is 11.3 Å². The molecule has 1 heterocycles. The number of methoxy groups -OCH3 is 1. The van der Waals surface area contributed by atoms with Gasteiger partial charge in [0.25, 0.3) is 0 Å². The second kappa shape index (κ2) is 7.78. The van der Waals surface area contributed by atoms with Crippen molar-refractivity contribution in [2.75, 3.05) is 44.0 Å². The molecule has 0 spiro atoms. The zero-order valence-corrected chi connectivity index (χ0v) is 12.7. The predicted octanol–water partition coefficient (Wildman–Crippen LogP) is 2.36. The first-order chi connectivity index (χ1) is 9.29. The Morgan fingerprint density at radius 2 is 2.16 bits per heavy atom. The van der Waals surface area contributed by atoms with Crippen LogP contribution in [0.1, 0.15) is 12.5 Å². The number of nitrogens with zero attached hydrogens (tertiary/aromatic N) is 1. The molecule has 19 heavy (non-hydrogen) atoms. The zero-order chi connectivity index (χ0) is 13.5. The topological polar surface area (TPSA) is 24.5 Å². The van der Waals surface area contributed by atoms with Crippen LogP contribution in [0.4, 0.5) is 5.69 Å².